The Kier molecular flexibility index (Phi) is 5.63. The molecule has 0 saturated carbocycles. The molecule has 1 N–H and O–H groups in total. The van der Waals surface area contributed by atoms with Crippen LogP contribution >= 0.6 is 0 Å². The van der Waals surface area contributed by atoms with Crippen molar-refractivity contribution < 1.29 is 27.2 Å². The molecule has 0 aliphatic rings. The van der Waals surface area contributed by atoms with Crippen molar-refractivity contribution in [2.24, 2.45) is 0 Å². The van der Waals surface area contributed by atoms with Crippen molar-refractivity contribution in [2.75, 3.05) is 5.32 Å². The van der Waals surface area contributed by atoms with Gasteiger partial charge in [0.15, 0.2) is 5.69 Å². The van der Waals surface area contributed by atoms with E-state index in [1.54, 1.807) is 6.92 Å². The summed E-state index contributed by atoms with van der Waals surface area (Å²) < 4.78 is 50.4. The van der Waals surface area contributed by atoms with Crippen LogP contribution in [-0.4, -0.2) is 11.1 Å². The van der Waals surface area contributed by atoms with E-state index in [-0.39, 0.29) is 18.0 Å². The zero-order chi connectivity index (χ0) is 21.2. The second-order valence-electron chi connectivity index (χ2n) is 6.62. The first-order valence-electron chi connectivity index (χ1n) is 8.79. The van der Waals surface area contributed by atoms with Gasteiger partial charge < -0.3 is 14.6 Å². The summed E-state index contributed by atoms with van der Waals surface area (Å²) in [6.45, 7) is 5.41. The fourth-order valence-corrected chi connectivity index (χ4v) is 2.77. The molecule has 2 aromatic carbocycles. The Bertz CT molecular complexity index is 1040. The van der Waals surface area contributed by atoms with E-state index in [4.69, 9.17) is 9.26 Å². The molecule has 3 aromatic rings. The maximum Gasteiger partial charge on any atom is 0.418 e. The Hall–Kier alpha value is -3.29. The van der Waals surface area contributed by atoms with Crippen LogP contribution in [-0.2, 0) is 12.8 Å². The summed E-state index contributed by atoms with van der Waals surface area (Å²) in [7, 11) is 0. The summed E-state index contributed by atoms with van der Waals surface area (Å²) in [5.41, 5.74) is 0.871. The van der Waals surface area contributed by atoms with Gasteiger partial charge in [-0.05, 0) is 50.1 Å². The molecule has 0 saturated heterocycles. The lowest BCUT2D eigenvalue weighted by Gasteiger charge is -2.13. The van der Waals surface area contributed by atoms with Gasteiger partial charge in [-0.2, -0.15) is 13.2 Å². The highest BCUT2D eigenvalue weighted by Gasteiger charge is 2.34. The molecular formula is C21H19F3N2O3. The monoisotopic (exact) mass is 404 g/mol. The number of amides is 1. The first kappa shape index (κ1) is 20.4. The van der Waals surface area contributed by atoms with Crippen molar-refractivity contribution in [3.8, 4) is 5.75 Å². The van der Waals surface area contributed by atoms with Gasteiger partial charge in [-0.15, -0.1) is 0 Å². The van der Waals surface area contributed by atoms with Gasteiger partial charge in [0.25, 0.3) is 5.91 Å². The summed E-state index contributed by atoms with van der Waals surface area (Å²) in [5.74, 6) is 0.182. The molecule has 0 atom stereocenters. The highest BCUT2D eigenvalue weighted by atomic mass is 19.4. The largest absolute Gasteiger partial charge is 0.488 e. The predicted molar refractivity (Wildman–Crippen MR) is 101 cm³/mol. The standard InChI is InChI=1S/C21H19F3N2O3/c1-12-8-9-13(2)18(10-12)28-11-15-14(3)29-26-19(15)20(27)25-17-7-5-4-6-16(17)21(22,23)24/h4-10H,11H2,1-3H3,(H,25,27). The third-order valence-electron chi connectivity index (χ3n) is 4.40. The number of anilines is 1. The maximum absolute atomic E-state index is 13.2. The quantitative estimate of drug-likeness (QED) is 0.614. The van der Waals surface area contributed by atoms with Crippen molar-refractivity contribution in [3.63, 3.8) is 0 Å². The minimum absolute atomic E-state index is 0.0106. The molecule has 0 spiro atoms. The van der Waals surface area contributed by atoms with Gasteiger partial charge in [-0.1, -0.05) is 29.4 Å². The average molecular weight is 404 g/mol. The number of hydrogen-bond acceptors (Lipinski definition) is 4. The van der Waals surface area contributed by atoms with Crippen LogP contribution in [0.15, 0.2) is 47.0 Å². The number of carbonyl (C=O) groups is 1. The fraction of sp³-hybridized carbons (Fsp3) is 0.238. The van der Waals surface area contributed by atoms with Gasteiger partial charge in [0.05, 0.1) is 16.8 Å². The molecule has 0 aliphatic carbocycles. The number of aryl methyl sites for hydroxylation is 3. The van der Waals surface area contributed by atoms with E-state index in [0.717, 1.165) is 17.2 Å². The van der Waals surface area contributed by atoms with Crippen LogP contribution in [0.2, 0.25) is 0 Å². The van der Waals surface area contributed by atoms with Gasteiger partial charge in [-0.25, -0.2) is 0 Å². The van der Waals surface area contributed by atoms with Crippen molar-refractivity contribution >= 4 is 11.6 Å². The summed E-state index contributed by atoms with van der Waals surface area (Å²) in [6.07, 6.45) is -4.60. The van der Waals surface area contributed by atoms with Crippen molar-refractivity contribution in [1.29, 1.82) is 0 Å². The van der Waals surface area contributed by atoms with Gasteiger partial charge >= 0.3 is 6.18 Å². The number of alkyl halides is 3. The molecule has 5 nitrogen and oxygen atoms in total. The topological polar surface area (TPSA) is 64.4 Å². The summed E-state index contributed by atoms with van der Waals surface area (Å²) in [6, 6.07) is 10.5. The lowest BCUT2D eigenvalue weighted by Crippen LogP contribution is -2.18. The van der Waals surface area contributed by atoms with E-state index >= 15 is 0 Å². The molecule has 0 radical (unpaired) electrons. The lowest BCUT2D eigenvalue weighted by molar-refractivity contribution is -0.136. The average Bonchev–Trinajstić information content (AvgIpc) is 3.02. The molecule has 29 heavy (non-hydrogen) atoms. The molecule has 0 bridgehead atoms. The normalized spacial score (nSPS) is 11.4. The molecule has 1 heterocycles. The summed E-state index contributed by atoms with van der Waals surface area (Å²) in [5, 5.41) is 5.98. The van der Waals surface area contributed by atoms with Crippen LogP contribution in [0.3, 0.4) is 0 Å². The van der Waals surface area contributed by atoms with E-state index in [1.807, 2.05) is 32.0 Å². The number of hydrogen-bond donors (Lipinski definition) is 1. The second kappa shape index (κ2) is 7.98. The molecule has 3 rings (SSSR count). The fourth-order valence-electron chi connectivity index (χ4n) is 2.77. The number of benzene rings is 2. The van der Waals surface area contributed by atoms with Gasteiger partial charge in [0.2, 0.25) is 0 Å². The number of aromatic nitrogens is 1. The molecule has 0 fully saturated rings. The predicted octanol–water partition coefficient (Wildman–Crippen LogP) is 5.45. The number of nitrogens with zero attached hydrogens (tertiary/aromatic N) is 1. The molecule has 1 aromatic heterocycles. The Morgan fingerprint density at radius 2 is 1.86 bits per heavy atom. The number of para-hydroxylation sites is 1. The second-order valence-corrected chi connectivity index (χ2v) is 6.62. The third kappa shape index (κ3) is 4.59. The minimum atomic E-state index is -4.60. The number of halogens is 3. The Balaban J connectivity index is 1.83. The van der Waals surface area contributed by atoms with Crippen LogP contribution in [0.4, 0.5) is 18.9 Å². The van der Waals surface area contributed by atoms with Crippen molar-refractivity contribution in [3.05, 3.63) is 76.2 Å². The van der Waals surface area contributed by atoms with E-state index in [0.29, 0.717) is 17.1 Å². The highest BCUT2D eigenvalue weighted by Crippen LogP contribution is 2.35. The number of carbonyl (C=O) groups excluding carboxylic acids is 1. The number of rotatable bonds is 5. The zero-order valence-electron chi connectivity index (χ0n) is 16.1. The Morgan fingerprint density at radius 3 is 2.59 bits per heavy atom. The SMILES string of the molecule is Cc1ccc(C)c(OCc2c(C(=O)Nc3ccccc3C(F)(F)F)noc2C)c1. The van der Waals surface area contributed by atoms with Gasteiger partial charge in [0.1, 0.15) is 18.1 Å². The smallest absolute Gasteiger partial charge is 0.418 e. The molecule has 0 aliphatic heterocycles. The van der Waals surface area contributed by atoms with E-state index in [1.165, 1.54) is 18.2 Å². The molecule has 152 valence electrons. The van der Waals surface area contributed by atoms with Crippen LogP contribution in [0, 0.1) is 20.8 Å². The van der Waals surface area contributed by atoms with Crippen LogP contribution in [0.25, 0.3) is 0 Å². The van der Waals surface area contributed by atoms with Crippen LogP contribution < -0.4 is 10.1 Å². The van der Waals surface area contributed by atoms with E-state index < -0.39 is 17.6 Å². The number of ether oxygens (including phenoxy) is 1. The maximum atomic E-state index is 13.2. The zero-order valence-corrected chi connectivity index (χ0v) is 16.1. The number of nitrogens with one attached hydrogen (secondary N) is 1. The molecular weight excluding hydrogens is 385 g/mol. The first-order chi connectivity index (χ1) is 13.7. The van der Waals surface area contributed by atoms with Crippen molar-refractivity contribution in [2.45, 2.75) is 33.6 Å². The Labute approximate surface area is 165 Å². The van der Waals surface area contributed by atoms with E-state index in [2.05, 4.69) is 10.5 Å². The first-order valence-corrected chi connectivity index (χ1v) is 8.79. The lowest BCUT2D eigenvalue weighted by atomic mass is 10.1. The highest BCUT2D eigenvalue weighted by molar-refractivity contribution is 6.04. The Morgan fingerprint density at radius 1 is 1.14 bits per heavy atom. The molecule has 1 amide bonds. The van der Waals surface area contributed by atoms with Crippen LogP contribution in [0.1, 0.15) is 38.5 Å². The molecule has 0 unspecified atom stereocenters. The summed E-state index contributed by atoms with van der Waals surface area (Å²) >= 11 is 0. The van der Waals surface area contributed by atoms with E-state index in [9.17, 15) is 18.0 Å². The summed E-state index contributed by atoms with van der Waals surface area (Å²) in [4.78, 5) is 12.6. The minimum Gasteiger partial charge on any atom is -0.488 e. The third-order valence-corrected chi connectivity index (χ3v) is 4.40. The molecule has 8 heteroatoms. The van der Waals surface area contributed by atoms with Crippen molar-refractivity contribution in [1.82, 2.24) is 5.16 Å². The van der Waals surface area contributed by atoms with Gasteiger partial charge in [0, 0.05) is 0 Å². The van der Waals surface area contributed by atoms with Gasteiger partial charge in [-0.3, -0.25) is 4.79 Å². The van der Waals surface area contributed by atoms with Crippen LogP contribution in [0.5, 0.6) is 5.75 Å².